The predicted octanol–water partition coefficient (Wildman–Crippen LogP) is 5.47. The van der Waals surface area contributed by atoms with Crippen LogP contribution in [0.5, 0.6) is 0 Å². The Kier molecular flexibility index (Phi) is 8.52. The Balaban J connectivity index is 1.53. The maximum Gasteiger partial charge on any atom is -0.0421 e. The molecule has 2 atom stereocenters. The molecule has 3 heterocycles. The van der Waals surface area contributed by atoms with Gasteiger partial charge in [0.05, 0.1) is 6.04 Å². The first-order valence-corrected chi connectivity index (χ1v) is 16.8. The SMILES string of the molecule is CC1=NC(C)CC(C[C@H]2CCCN(Cc3cnc(Br)n3COCC[SiH-](C)(C)C)C2)=C1. The van der Waals surface area contributed by atoms with Gasteiger partial charge in [-0.25, -0.2) is 0 Å². The fourth-order valence-electron chi connectivity index (χ4n) is 4.61. The standard InChI is InChI=1S/C23H40BrN4OSi/c1-18-11-21(12-19(2)26-18)13-20-7-6-8-27(15-20)16-22-14-25-23(24)28(22)17-29-9-10-30(3,4)5/h11,14,19-20,30H,6-10,12-13,15-17H2,1-5H3/q-1/t19?,20-/m1/s1. The predicted molar refractivity (Wildman–Crippen MR) is 133 cm³/mol. The van der Waals surface area contributed by atoms with Crippen LogP contribution >= 0.6 is 15.9 Å². The van der Waals surface area contributed by atoms with Gasteiger partial charge in [0.15, 0.2) is 0 Å². The fraction of sp³-hybridized carbons (Fsp3) is 0.739. The number of imidazole rings is 1. The van der Waals surface area contributed by atoms with E-state index in [-0.39, 0.29) is 0 Å². The van der Waals surface area contributed by atoms with Crippen molar-refractivity contribution in [3.8, 4) is 0 Å². The van der Waals surface area contributed by atoms with E-state index in [0.29, 0.717) is 12.8 Å². The molecule has 0 saturated carbocycles. The van der Waals surface area contributed by atoms with Crippen molar-refractivity contribution in [2.45, 2.75) is 84.5 Å². The van der Waals surface area contributed by atoms with Crippen LogP contribution in [0.25, 0.3) is 0 Å². The van der Waals surface area contributed by atoms with Gasteiger partial charge in [-0.1, -0.05) is 0 Å². The van der Waals surface area contributed by atoms with Crippen LogP contribution in [0.2, 0.25) is 25.7 Å². The summed E-state index contributed by atoms with van der Waals surface area (Å²) in [5.41, 5.74) is 4.03. The molecule has 0 amide bonds. The number of aromatic nitrogens is 2. The van der Waals surface area contributed by atoms with Gasteiger partial charge in [0.2, 0.25) is 0 Å². The quantitative estimate of drug-likeness (QED) is 0.336. The van der Waals surface area contributed by atoms with Crippen LogP contribution < -0.4 is 0 Å². The number of nitrogens with zero attached hydrogens (tertiary/aromatic N) is 4. The molecule has 0 radical (unpaired) electrons. The van der Waals surface area contributed by atoms with E-state index in [0.717, 1.165) is 30.2 Å². The monoisotopic (exact) mass is 495 g/mol. The largest absolute Gasteiger partial charge is 0.0421 e. The summed E-state index contributed by atoms with van der Waals surface area (Å²) in [6.07, 6.45) is 9.29. The van der Waals surface area contributed by atoms with E-state index >= 15 is 0 Å². The molecule has 0 N–H and O–H groups in total. The van der Waals surface area contributed by atoms with Gasteiger partial charge in [-0.2, -0.15) is 0 Å². The number of ether oxygens (including phenoxy) is 1. The van der Waals surface area contributed by atoms with Gasteiger partial charge < -0.3 is 0 Å². The summed E-state index contributed by atoms with van der Waals surface area (Å²) in [6, 6.07) is 1.67. The number of rotatable bonds is 9. The second-order valence-corrected chi connectivity index (χ2v) is 18.0. The maximum absolute atomic E-state index is 6.00. The molecule has 3 rings (SSSR count). The molecule has 1 fully saturated rings. The summed E-state index contributed by atoms with van der Waals surface area (Å²) >= 11 is 3.61. The normalized spacial score (nSPS) is 23.9. The van der Waals surface area contributed by atoms with E-state index < -0.39 is 8.07 Å². The van der Waals surface area contributed by atoms with Crippen LogP contribution in [0.4, 0.5) is 0 Å². The second-order valence-electron chi connectivity index (χ2n) is 10.8. The molecule has 1 saturated heterocycles. The van der Waals surface area contributed by atoms with Gasteiger partial charge >= 0.3 is 149 Å². The van der Waals surface area contributed by atoms with Crippen molar-refractivity contribution >= 4 is 29.7 Å². The molecular weight excluding hydrogens is 456 g/mol. The van der Waals surface area contributed by atoms with E-state index in [1.807, 2.05) is 6.20 Å². The molecule has 0 spiro atoms. The third kappa shape index (κ3) is 7.43. The summed E-state index contributed by atoms with van der Waals surface area (Å²) in [5, 5.41) is 0. The number of halogens is 1. The van der Waals surface area contributed by atoms with Crippen LogP contribution in [0.1, 0.15) is 45.2 Å². The van der Waals surface area contributed by atoms with E-state index in [4.69, 9.17) is 4.74 Å². The smallest absolute Gasteiger partial charge is 0.0421 e. The molecule has 0 bridgehead atoms. The Morgan fingerprint density at radius 2 is 2.10 bits per heavy atom. The zero-order valence-electron chi connectivity index (χ0n) is 19.5. The van der Waals surface area contributed by atoms with Gasteiger partial charge in [0, 0.05) is 5.71 Å². The minimum atomic E-state index is -1.33. The van der Waals surface area contributed by atoms with Gasteiger partial charge in [-0.05, 0) is 26.3 Å². The van der Waals surface area contributed by atoms with Crippen LogP contribution in [-0.2, 0) is 18.0 Å². The number of hydrogen-bond donors (Lipinski definition) is 0. The minimum absolute atomic E-state index is 0.442. The average molecular weight is 497 g/mol. The van der Waals surface area contributed by atoms with E-state index in [9.17, 15) is 0 Å². The molecule has 0 aliphatic carbocycles. The van der Waals surface area contributed by atoms with Gasteiger partial charge in [0.1, 0.15) is 0 Å². The fourth-order valence-corrected chi connectivity index (χ4v) is 5.92. The van der Waals surface area contributed by atoms with Crippen molar-refractivity contribution in [1.82, 2.24) is 14.5 Å². The van der Waals surface area contributed by atoms with Crippen LogP contribution in [-0.4, -0.2) is 54.0 Å². The number of allylic oxidation sites excluding steroid dienone is 1. The third-order valence-corrected chi connectivity index (χ3v) is 8.77. The van der Waals surface area contributed by atoms with Crippen molar-refractivity contribution in [3.63, 3.8) is 0 Å². The Morgan fingerprint density at radius 1 is 1.30 bits per heavy atom. The summed E-state index contributed by atoms with van der Waals surface area (Å²) in [5.74, 6) is 0.747. The molecule has 1 unspecified atom stereocenters. The number of hydrogen-bond acceptors (Lipinski definition) is 4. The second kappa shape index (κ2) is 10.7. The molecular formula is C23H40BrN4OSi-. The average Bonchev–Trinajstić information content (AvgIpc) is 2.97. The molecule has 30 heavy (non-hydrogen) atoms. The molecule has 0 aromatic carbocycles. The van der Waals surface area contributed by atoms with Crippen molar-refractivity contribution in [1.29, 1.82) is 0 Å². The zero-order valence-corrected chi connectivity index (χ0v) is 22.3. The van der Waals surface area contributed by atoms with Crippen molar-refractivity contribution in [2.24, 2.45) is 10.9 Å². The molecule has 5 nitrogen and oxygen atoms in total. The first kappa shape index (κ1) is 23.9. The molecule has 2 aliphatic heterocycles. The summed E-state index contributed by atoms with van der Waals surface area (Å²) in [7, 11) is -1.33. The van der Waals surface area contributed by atoms with Crippen LogP contribution in [0.3, 0.4) is 0 Å². The summed E-state index contributed by atoms with van der Waals surface area (Å²) in [6.45, 7) is 16.3. The van der Waals surface area contributed by atoms with Gasteiger partial charge in [-0.15, -0.1) is 0 Å². The Bertz CT molecular complexity index is 768. The van der Waals surface area contributed by atoms with Crippen molar-refractivity contribution < 1.29 is 4.74 Å². The molecule has 7 heteroatoms. The van der Waals surface area contributed by atoms with Crippen molar-refractivity contribution in [3.05, 3.63) is 28.3 Å². The maximum atomic E-state index is 6.00. The minimum Gasteiger partial charge on any atom is -0.0421 e. The van der Waals surface area contributed by atoms with E-state index in [1.165, 1.54) is 49.8 Å². The first-order valence-electron chi connectivity index (χ1n) is 11.7. The molecule has 170 valence electrons. The number of aliphatic imine (C=N–C) groups is 1. The molecule has 1 aromatic heterocycles. The molecule has 1 aromatic rings. The van der Waals surface area contributed by atoms with Gasteiger partial charge in [-0.3, -0.25) is 4.99 Å². The van der Waals surface area contributed by atoms with Crippen LogP contribution in [0.15, 0.2) is 27.6 Å². The Labute approximate surface area is 192 Å². The number of likely N-dealkylation sites (tertiary alicyclic amines) is 1. The Hall–Kier alpha value is -0.763. The third-order valence-electron chi connectivity index (χ3n) is 6.17. The first-order chi connectivity index (χ1) is 14.2. The topological polar surface area (TPSA) is 42.7 Å². The van der Waals surface area contributed by atoms with Crippen LogP contribution in [0, 0.1) is 5.92 Å². The van der Waals surface area contributed by atoms with E-state index in [2.05, 4.69) is 74.9 Å². The zero-order chi connectivity index (χ0) is 21.7. The summed E-state index contributed by atoms with van der Waals surface area (Å²) < 4.78 is 9.06. The number of piperidine rings is 1. The van der Waals surface area contributed by atoms with E-state index in [1.54, 1.807) is 5.57 Å². The Morgan fingerprint density at radius 3 is 2.83 bits per heavy atom. The van der Waals surface area contributed by atoms with Crippen molar-refractivity contribution in [2.75, 3.05) is 19.7 Å². The number of dihydropyridines is 1. The molecule has 2 aliphatic rings. The van der Waals surface area contributed by atoms with Gasteiger partial charge in [0.25, 0.3) is 0 Å². The summed E-state index contributed by atoms with van der Waals surface area (Å²) in [4.78, 5) is 11.8.